The van der Waals surface area contributed by atoms with Crippen LogP contribution in [-0.4, -0.2) is 24.0 Å². The van der Waals surface area contributed by atoms with Crippen LogP contribution >= 0.6 is 15.9 Å². The number of rotatable bonds is 0. The molecule has 1 aliphatic rings. The van der Waals surface area contributed by atoms with Gasteiger partial charge < -0.3 is 0 Å². The summed E-state index contributed by atoms with van der Waals surface area (Å²) in [6.45, 7) is 1.90. The van der Waals surface area contributed by atoms with Crippen molar-refractivity contribution in [2.75, 3.05) is 5.75 Å². The second kappa shape index (κ2) is 2.81. The van der Waals surface area contributed by atoms with E-state index in [1.54, 1.807) is 4.68 Å². The van der Waals surface area contributed by atoms with Crippen LogP contribution in [0.5, 0.6) is 0 Å². The summed E-state index contributed by atoms with van der Waals surface area (Å²) in [6, 6.07) is 1.87. The zero-order valence-corrected chi connectivity index (χ0v) is 9.47. The monoisotopic (exact) mass is 264 g/mol. The van der Waals surface area contributed by atoms with Gasteiger partial charge in [-0.05, 0) is 22.0 Å². The highest BCUT2D eigenvalue weighted by molar-refractivity contribution is 9.10. The minimum atomic E-state index is -2.95. The molecule has 1 aliphatic heterocycles. The Hall–Kier alpha value is -0.360. The van der Waals surface area contributed by atoms with Crippen molar-refractivity contribution >= 4 is 25.8 Å². The molecule has 1 aromatic heterocycles. The molecule has 0 amide bonds. The first-order valence-electron chi connectivity index (χ1n) is 3.91. The van der Waals surface area contributed by atoms with Gasteiger partial charge in [-0.25, -0.2) is 8.42 Å². The Bertz CT molecular complexity index is 437. The molecule has 0 N–H and O–H groups in total. The minimum absolute atomic E-state index is 0.0122. The predicted octanol–water partition coefficient (Wildman–Crippen LogP) is 1.14. The van der Waals surface area contributed by atoms with Crippen LogP contribution in [0.1, 0.15) is 18.5 Å². The van der Waals surface area contributed by atoms with Crippen molar-refractivity contribution in [3.05, 3.63) is 16.4 Å². The lowest BCUT2D eigenvalue weighted by Gasteiger charge is -2.19. The maximum atomic E-state index is 11.4. The van der Waals surface area contributed by atoms with E-state index in [4.69, 9.17) is 0 Å². The molecule has 0 fully saturated rings. The smallest absolute Gasteiger partial charge is 0.171 e. The molecular formula is C7H9BrN2O2S. The number of hydrogen-bond acceptors (Lipinski definition) is 3. The molecule has 1 atom stereocenters. The molecule has 0 aromatic carbocycles. The normalized spacial score (nSPS) is 25.5. The van der Waals surface area contributed by atoms with Gasteiger partial charge in [-0.1, -0.05) is 6.92 Å². The van der Waals surface area contributed by atoms with Crippen molar-refractivity contribution in [1.29, 1.82) is 0 Å². The molecule has 6 heteroatoms. The van der Waals surface area contributed by atoms with E-state index in [9.17, 15) is 8.42 Å². The molecule has 0 bridgehead atoms. The van der Waals surface area contributed by atoms with Gasteiger partial charge in [0.1, 0.15) is 10.5 Å². The van der Waals surface area contributed by atoms with Gasteiger partial charge in [0.15, 0.2) is 9.84 Å². The summed E-state index contributed by atoms with van der Waals surface area (Å²) in [5, 5.41) is 4.05. The second-order valence-corrected chi connectivity index (χ2v) is 6.22. The van der Waals surface area contributed by atoms with Gasteiger partial charge in [-0.15, -0.1) is 0 Å². The van der Waals surface area contributed by atoms with Gasteiger partial charge in [0, 0.05) is 11.6 Å². The fourth-order valence-electron chi connectivity index (χ4n) is 1.60. The number of sulfone groups is 1. The third kappa shape index (κ3) is 1.65. The van der Waals surface area contributed by atoms with Gasteiger partial charge in [0.2, 0.25) is 0 Å². The van der Waals surface area contributed by atoms with E-state index in [-0.39, 0.29) is 17.5 Å². The average molecular weight is 265 g/mol. The number of halogens is 1. The Labute approximate surface area is 85.0 Å². The first-order valence-corrected chi connectivity index (χ1v) is 6.53. The molecule has 13 heavy (non-hydrogen) atoms. The molecule has 0 radical (unpaired) electrons. The summed E-state index contributed by atoms with van der Waals surface area (Å²) in [6.07, 6.45) is 0. The number of nitrogens with zero attached hydrogens (tertiary/aromatic N) is 2. The maximum absolute atomic E-state index is 11.4. The van der Waals surface area contributed by atoms with Crippen LogP contribution < -0.4 is 0 Å². The fourth-order valence-corrected chi connectivity index (χ4v) is 3.65. The lowest BCUT2D eigenvalue weighted by molar-refractivity contribution is 0.539. The maximum Gasteiger partial charge on any atom is 0.171 e. The number of hydrogen-bond donors (Lipinski definition) is 0. The molecule has 1 unspecified atom stereocenters. The Kier molecular flexibility index (Phi) is 1.99. The van der Waals surface area contributed by atoms with Crippen LogP contribution in [-0.2, 0) is 15.7 Å². The molecule has 0 aliphatic carbocycles. The summed E-state index contributed by atoms with van der Waals surface area (Å²) in [5.41, 5.74) is 0.988. The summed E-state index contributed by atoms with van der Waals surface area (Å²) in [4.78, 5) is 0. The van der Waals surface area contributed by atoms with Gasteiger partial charge in [0.25, 0.3) is 0 Å². The SMILES string of the molecule is CC1CS(=O)(=O)Cn2nc(Br)cc21. The summed E-state index contributed by atoms with van der Waals surface area (Å²) < 4.78 is 25.0. The van der Waals surface area contributed by atoms with Crippen molar-refractivity contribution in [2.24, 2.45) is 0 Å². The largest absolute Gasteiger partial charge is 0.253 e. The van der Waals surface area contributed by atoms with Crippen LogP contribution in [0.4, 0.5) is 0 Å². The van der Waals surface area contributed by atoms with E-state index in [1.165, 1.54) is 0 Å². The van der Waals surface area contributed by atoms with E-state index >= 15 is 0 Å². The molecule has 0 spiro atoms. The average Bonchev–Trinajstić information content (AvgIpc) is 2.27. The van der Waals surface area contributed by atoms with Crippen LogP contribution in [0.3, 0.4) is 0 Å². The third-order valence-electron chi connectivity index (χ3n) is 2.11. The van der Waals surface area contributed by atoms with Gasteiger partial charge in [0.05, 0.1) is 5.75 Å². The van der Waals surface area contributed by atoms with E-state index in [1.807, 2.05) is 13.0 Å². The lowest BCUT2D eigenvalue weighted by atomic mass is 10.1. The summed E-state index contributed by atoms with van der Waals surface area (Å²) in [7, 11) is -2.95. The van der Waals surface area contributed by atoms with Gasteiger partial charge in [-0.3, -0.25) is 4.68 Å². The highest BCUT2D eigenvalue weighted by atomic mass is 79.9. The van der Waals surface area contributed by atoms with Crippen LogP contribution in [0.15, 0.2) is 10.7 Å². The molecule has 2 rings (SSSR count). The molecule has 1 aromatic rings. The molecule has 72 valence electrons. The summed E-state index contributed by atoms with van der Waals surface area (Å²) >= 11 is 3.23. The molecular weight excluding hydrogens is 256 g/mol. The molecule has 4 nitrogen and oxygen atoms in total. The number of aromatic nitrogens is 2. The van der Waals surface area contributed by atoms with Gasteiger partial charge in [-0.2, -0.15) is 5.10 Å². The van der Waals surface area contributed by atoms with Crippen molar-refractivity contribution in [1.82, 2.24) is 9.78 Å². The highest BCUT2D eigenvalue weighted by Gasteiger charge is 2.28. The lowest BCUT2D eigenvalue weighted by Crippen LogP contribution is -2.27. The quantitative estimate of drug-likeness (QED) is 0.706. The first-order chi connectivity index (χ1) is 5.98. The summed E-state index contributed by atoms with van der Waals surface area (Å²) in [5.74, 6) is 0.279. The molecule has 0 saturated carbocycles. The van der Waals surface area contributed by atoms with Crippen molar-refractivity contribution < 1.29 is 8.42 Å². The van der Waals surface area contributed by atoms with E-state index in [0.717, 1.165) is 5.69 Å². The Morgan fingerprint density at radius 3 is 3.08 bits per heavy atom. The van der Waals surface area contributed by atoms with E-state index in [0.29, 0.717) is 4.60 Å². The van der Waals surface area contributed by atoms with Crippen molar-refractivity contribution in [2.45, 2.75) is 18.7 Å². The zero-order valence-electron chi connectivity index (χ0n) is 7.07. The van der Waals surface area contributed by atoms with Crippen molar-refractivity contribution in [3.8, 4) is 0 Å². The van der Waals surface area contributed by atoms with Crippen LogP contribution in [0, 0.1) is 0 Å². The Balaban J connectivity index is 2.54. The molecule has 0 saturated heterocycles. The van der Waals surface area contributed by atoms with Crippen LogP contribution in [0.25, 0.3) is 0 Å². The number of fused-ring (bicyclic) bond motifs is 1. The Morgan fingerprint density at radius 2 is 2.38 bits per heavy atom. The molecule has 2 heterocycles. The Morgan fingerprint density at radius 1 is 1.69 bits per heavy atom. The van der Waals surface area contributed by atoms with Gasteiger partial charge >= 0.3 is 0 Å². The standard InChI is InChI=1S/C7H9BrN2O2S/c1-5-3-13(11,12)4-10-6(5)2-7(8)9-10/h2,5H,3-4H2,1H3. The minimum Gasteiger partial charge on any atom is -0.253 e. The first kappa shape index (κ1) is 9.21. The van der Waals surface area contributed by atoms with E-state index < -0.39 is 9.84 Å². The van der Waals surface area contributed by atoms with Crippen molar-refractivity contribution in [3.63, 3.8) is 0 Å². The van der Waals surface area contributed by atoms with Crippen LogP contribution in [0.2, 0.25) is 0 Å². The second-order valence-electron chi connectivity index (χ2n) is 3.33. The highest BCUT2D eigenvalue weighted by Crippen LogP contribution is 2.26. The topological polar surface area (TPSA) is 52.0 Å². The van der Waals surface area contributed by atoms with E-state index in [2.05, 4.69) is 21.0 Å². The fraction of sp³-hybridized carbons (Fsp3) is 0.571. The zero-order chi connectivity index (χ0) is 9.64. The third-order valence-corrected chi connectivity index (χ3v) is 4.14. The predicted molar refractivity (Wildman–Crippen MR) is 52.1 cm³/mol.